The minimum atomic E-state index is -0.602. The molecule has 2 amide bonds. The number of ether oxygens (including phenoxy) is 1. The van der Waals surface area contributed by atoms with Crippen LogP contribution in [0.4, 0.5) is 0 Å². The number of methoxy groups -OCH3 is 1. The Morgan fingerprint density at radius 2 is 1.59 bits per heavy atom. The van der Waals surface area contributed by atoms with E-state index in [2.05, 4.69) is 19.2 Å². The molecule has 3 aromatic carbocycles. The van der Waals surface area contributed by atoms with Crippen LogP contribution in [0.25, 0.3) is 0 Å². The van der Waals surface area contributed by atoms with Crippen molar-refractivity contribution >= 4 is 23.6 Å². The summed E-state index contributed by atoms with van der Waals surface area (Å²) in [6.45, 7) is 7.14. The molecule has 0 spiro atoms. The van der Waals surface area contributed by atoms with Crippen molar-refractivity contribution in [3.05, 3.63) is 101 Å². The van der Waals surface area contributed by atoms with E-state index >= 15 is 0 Å². The Morgan fingerprint density at radius 3 is 2.24 bits per heavy atom. The molecule has 0 bridgehead atoms. The molecule has 0 aromatic heterocycles. The molecule has 0 unspecified atom stereocenters. The lowest BCUT2D eigenvalue weighted by atomic mass is 10.0. The first-order valence-electron chi connectivity index (χ1n) is 12.7. The Hall–Kier alpha value is -3.25. The first-order chi connectivity index (χ1) is 17.9. The third-order valence-electron chi connectivity index (χ3n) is 6.21. The number of rotatable bonds is 13. The highest BCUT2D eigenvalue weighted by Gasteiger charge is 2.30. The Balaban J connectivity index is 1.83. The fraction of sp³-hybridized carbons (Fsp3) is 0.355. The molecule has 0 aliphatic heterocycles. The smallest absolute Gasteiger partial charge is 0.243 e. The molecule has 0 heterocycles. The normalized spacial score (nSPS) is 11.7. The van der Waals surface area contributed by atoms with E-state index in [0.29, 0.717) is 36.9 Å². The van der Waals surface area contributed by atoms with Crippen LogP contribution in [0.2, 0.25) is 0 Å². The van der Waals surface area contributed by atoms with Crippen LogP contribution < -0.4 is 10.1 Å². The summed E-state index contributed by atoms with van der Waals surface area (Å²) in [4.78, 5) is 29.0. The molecule has 0 saturated heterocycles. The summed E-state index contributed by atoms with van der Waals surface area (Å²) in [5, 5.41) is 3.08. The van der Waals surface area contributed by atoms with Crippen LogP contribution >= 0.6 is 11.8 Å². The molecule has 0 radical (unpaired) electrons. The first kappa shape index (κ1) is 28.3. The average Bonchev–Trinajstić information content (AvgIpc) is 2.91. The van der Waals surface area contributed by atoms with Crippen molar-refractivity contribution in [2.24, 2.45) is 5.92 Å². The number of aryl methyl sites for hydroxylation is 1. The third-order valence-corrected chi connectivity index (χ3v) is 7.20. The van der Waals surface area contributed by atoms with Gasteiger partial charge in [0.05, 0.1) is 12.9 Å². The van der Waals surface area contributed by atoms with Crippen molar-refractivity contribution in [2.45, 2.75) is 45.5 Å². The van der Waals surface area contributed by atoms with Crippen LogP contribution in [-0.4, -0.2) is 42.2 Å². The maximum atomic E-state index is 13.7. The zero-order valence-electron chi connectivity index (χ0n) is 22.3. The molecule has 196 valence electrons. The monoisotopic (exact) mass is 518 g/mol. The van der Waals surface area contributed by atoms with Gasteiger partial charge in [-0.3, -0.25) is 9.59 Å². The summed E-state index contributed by atoms with van der Waals surface area (Å²) < 4.78 is 5.24. The number of thioether (sulfide) groups is 1. The summed E-state index contributed by atoms with van der Waals surface area (Å²) in [6.07, 6.45) is 0.464. The van der Waals surface area contributed by atoms with E-state index < -0.39 is 6.04 Å². The van der Waals surface area contributed by atoms with Gasteiger partial charge in [0, 0.05) is 25.3 Å². The summed E-state index contributed by atoms with van der Waals surface area (Å²) in [7, 11) is 1.65. The van der Waals surface area contributed by atoms with Crippen LogP contribution in [0.5, 0.6) is 5.75 Å². The highest BCUT2D eigenvalue weighted by Crippen LogP contribution is 2.21. The predicted octanol–water partition coefficient (Wildman–Crippen LogP) is 5.65. The van der Waals surface area contributed by atoms with Gasteiger partial charge in [-0.1, -0.05) is 80.6 Å². The van der Waals surface area contributed by atoms with Crippen molar-refractivity contribution in [1.29, 1.82) is 0 Å². The summed E-state index contributed by atoms with van der Waals surface area (Å²) >= 11 is 1.56. The van der Waals surface area contributed by atoms with Gasteiger partial charge in [-0.15, -0.1) is 11.8 Å². The lowest BCUT2D eigenvalue weighted by Gasteiger charge is -2.32. The summed E-state index contributed by atoms with van der Waals surface area (Å²) in [5.41, 5.74) is 4.30. The predicted molar refractivity (Wildman–Crippen MR) is 153 cm³/mol. The number of carbonyl (C=O) groups excluding carboxylic acids is 2. The van der Waals surface area contributed by atoms with Gasteiger partial charge in [-0.25, -0.2) is 0 Å². The first-order valence-corrected chi connectivity index (χ1v) is 13.9. The zero-order valence-corrected chi connectivity index (χ0v) is 23.1. The van der Waals surface area contributed by atoms with E-state index in [1.54, 1.807) is 23.8 Å². The van der Waals surface area contributed by atoms with Crippen molar-refractivity contribution in [2.75, 3.05) is 19.4 Å². The maximum absolute atomic E-state index is 13.7. The SMILES string of the molecule is COc1ccc(CSCC(=O)N(Cc2ccccc2C)[C@H](Cc2ccccc2)C(=O)NCC(C)C)cc1. The quantitative estimate of drug-likeness (QED) is 0.318. The highest BCUT2D eigenvalue weighted by molar-refractivity contribution is 7.99. The minimum absolute atomic E-state index is 0.0395. The average molecular weight is 519 g/mol. The van der Waals surface area contributed by atoms with Crippen molar-refractivity contribution in [3.63, 3.8) is 0 Å². The Morgan fingerprint density at radius 1 is 0.919 bits per heavy atom. The van der Waals surface area contributed by atoms with Gasteiger partial charge in [0.2, 0.25) is 11.8 Å². The molecular formula is C31H38N2O3S. The van der Waals surface area contributed by atoms with Gasteiger partial charge in [-0.05, 0) is 47.2 Å². The largest absolute Gasteiger partial charge is 0.497 e. The zero-order chi connectivity index (χ0) is 26.6. The maximum Gasteiger partial charge on any atom is 0.243 e. The van der Waals surface area contributed by atoms with Gasteiger partial charge in [0.25, 0.3) is 0 Å². The van der Waals surface area contributed by atoms with Crippen LogP contribution in [-0.2, 0) is 28.3 Å². The molecular weight excluding hydrogens is 480 g/mol. The van der Waals surface area contributed by atoms with E-state index in [9.17, 15) is 9.59 Å². The lowest BCUT2D eigenvalue weighted by Crippen LogP contribution is -2.51. The van der Waals surface area contributed by atoms with Crippen molar-refractivity contribution < 1.29 is 14.3 Å². The van der Waals surface area contributed by atoms with E-state index in [1.807, 2.05) is 85.8 Å². The van der Waals surface area contributed by atoms with Gasteiger partial charge in [0.15, 0.2) is 0 Å². The molecule has 0 saturated carbocycles. The Labute approximate surface area is 225 Å². The molecule has 1 N–H and O–H groups in total. The molecule has 0 aliphatic carbocycles. The fourth-order valence-corrected chi connectivity index (χ4v) is 4.88. The number of benzene rings is 3. The fourth-order valence-electron chi connectivity index (χ4n) is 4.01. The van der Waals surface area contributed by atoms with Gasteiger partial charge in [-0.2, -0.15) is 0 Å². The number of nitrogens with zero attached hydrogens (tertiary/aromatic N) is 1. The van der Waals surface area contributed by atoms with Crippen LogP contribution in [0.15, 0.2) is 78.9 Å². The van der Waals surface area contributed by atoms with E-state index in [-0.39, 0.29) is 11.8 Å². The summed E-state index contributed by atoms with van der Waals surface area (Å²) in [5.74, 6) is 1.98. The number of hydrogen-bond donors (Lipinski definition) is 1. The standard InChI is InChI=1S/C31H38N2O3S/c1-23(2)19-32-31(35)29(18-25-11-6-5-7-12-25)33(20-27-13-9-8-10-24(27)3)30(34)22-37-21-26-14-16-28(36-4)17-15-26/h5-17,23,29H,18-22H2,1-4H3,(H,32,35)/t29-/m1/s1. The highest BCUT2D eigenvalue weighted by atomic mass is 32.2. The topological polar surface area (TPSA) is 58.6 Å². The Kier molecular flexibility index (Phi) is 11.1. The van der Waals surface area contributed by atoms with Gasteiger partial charge < -0.3 is 15.0 Å². The van der Waals surface area contributed by atoms with Crippen molar-refractivity contribution in [1.82, 2.24) is 10.2 Å². The second-order valence-electron chi connectivity index (χ2n) is 9.63. The molecule has 3 rings (SSSR count). The number of hydrogen-bond acceptors (Lipinski definition) is 4. The second-order valence-corrected chi connectivity index (χ2v) is 10.6. The number of amides is 2. The van der Waals surface area contributed by atoms with E-state index in [1.165, 1.54) is 0 Å². The molecule has 3 aromatic rings. The summed E-state index contributed by atoms with van der Waals surface area (Å²) in [6, 6.07) is 25.3. The van der Waals surface area contributed by atoms with Gasteiger partial charge in [0.1, 0.15) is 11.8 Å². The Bertz CT molecular complexity index is 1130. The molecule has 5 nitrogen and oxygen atoms in total. The molecule has 6 heteroatoms. The minimum Gasteiger partial charge on any atom is -0.497 e. The van der Waals surface area contributed by atoms with Crippen LogP contribution in [0.1, 0.15) is 36.1 Å². The molecule has 0 aliphatic rings. The van der Waals surface area contributed by atoms with E-state index in [4.69, 9.17) is 4.74 Å². The lowest BCUT2D eigenvalue weighted by molar-refractivity contribution is -0.139. The van der Waals surface area contributed by atoms with Gasteiger partial charge >= 0.3 is 0 Å². The molecule has 37 heavy (non-hydrogen) atoms. The van der Waals surface area contributed by atoms with Crippen molar-refractivity contribution in [3.8, 4) is 5.75 Å². The van der Waals surface area contributed by atoms with Crippen LogP contribution in [0, 0.1) is 12.8 Å². The second kappa shape index (κ2) is 14.5. The van der Waals surface area contributed by atoms with E-state index in [0.717, 1.165) is 28.0 Å². The number of nitrogens with one attached hydrogen (secondary N) is 1. The third kappa shape index (κ3) is 8.97. The van der Waals surface area contributed by atoms with Crippen LogP contribution in [0.3, 0.4) is 0 Å². The molecule has 0 fully saturated rings. The number of carbonyl (C=O) groups is 2. The molecule has 1 atom stereocenters.